The fraction of sp³-hybridized carbons (Fsp3) is 0.273. The van der Waals surface area contributed by atoms with E-state index in [1.54, 1.807) is 17.6 Å². The number of furan rings is 1. The van der Waals surface area contributed by atoms with Crippen LogP contribution in [0, 0.1) is 0 Å². The van der Waals surface area contributed by atoms with Crippen LogP contribution < -0.4 is 5.73 Å². The Morgan fingerprint density at radius 1 is 1.36 bits per heavy atom. The van der Waals surface area contributed by atoms with Gasteiger partial charge in [0.05, 0.1) is 12.3 Å². The first kappa shape index (κ1) is 9.49. The van der Waals surface area contributed by atoms with Crippen LogP contribution in [0.25, 0.3) is 0 Å². The second-order valence-corrected chi connectivity index (χ2v) is 4.27. The van der Waals surface area contributed by atoms with Gasteiger partial charge in [0.1, 0.15) is 5.76 Å². The predicted octanol–water partition coefficient (Wildman–Crippen LogP) is 2.97. The van der Waals surface area contributed by atoms with Crippen LogP contribution in [-0.4, -0.2) is 0 Å². The number of hydrogen-bond acceptors (Lipinski definition) is 3. The van der Waals surface area contributed by atoms with Gasteiger partial charge >= 0.3 is 0 Å². The summed E-state index contributed by atoms with van der Waals surface area (Å²) in [4.78, 5) is 1.38. The second-order valence-electron chi connectivity index (χ2n) is 3.24. The molecule has 0 spiro atoms. The summed E-state index contributed by atoms with van der Waals surface area (Å²) in [6, 6.07) is 8.03. The van der Waals surface area contributed by atoms with Crippen molar-refractivity contribution in [1.29, 1.82) is 0 Å². The van der Waals surface area contributed by atoms with Crippen molar-refractivity contribution < 1.29 is 4.42 Å². The Kier molecular flexibility index (Phi) is 3.01. The smallest absolute Gasteiger partial charge is 0.120 e. The maximum atomic E-state index is 5.97. The molecule has 0 aromatic carbocycles. The van der Waals surface area contributed by atoms with Gasteiger partial charge in [0.15, 0.2) is 0 Å². The summed E-state index contributed by atoms with van der Waals surface area (Å²) in [6.45, 7) is 0. The van der Waals surface area contributed by atoms with E-state index in [9.17, 15) is 0 Å². The van der Waals surface area contributed by atoms with Crippen LogP contribution >= 0.6 is 11.3 Å². The van der Waals surface area contributed by atoms with E-state index >= 15 is 0 Å². The molecular formula is C11H13NOS. The van der Waals surface area contributed by atoms with Crippen LogP contribution in [0.3, 0.4) is 0 Å². The van der Waals surface area contributed by atoms with E-state index in [4.69, 9.17) is 10.2 Å². The van der Waals surface area contributed by atoms with Gasteiger partial charge in [-0.3, -0.25) is 0 Å². The lowest BCUT2D eigenvalue weighted by atomic mass is 10.1. The van der Waals surface area contributed by atoms with Crippen molar-refractivity contribution >= 4 is 11.3 Å². The highest BCUT2D eigenvalue weighted by Crippen LogP contribution is 2.19. The lowest BCUT2D eigenvalue weighted by Gasteiger charge is -2.06. The number of hydrogen-bond donors (Lipinski definition) is 1. The normalized spacial score (nSPS) is 12.9. The minimum Gasteiger partial charge on any atom is -0.468 e. The zero-order valence-corrected chi connectivity index (χ0v) is 8.67. The van der Waals surface area contributed by atoms with Gasteiger partial charge in [-0.2, -0.15) is 0 Å². The molecular weight excluding hydrogens is 194 g/mol. The average Bonchev–Trinajstić information content (AvgIpc) is 2.87. The van der Waals surface area contributed by atoms with E-state index in [-0.39, 0.29) is 6.04 Å². The molecule has 0 saturated heterocycles. The molecule has 2 aromatic heterocycles. The minimum absolute atomic E-state index is 0.0205. The van der Waals surface area contributed by atoms with Gasteiger partial charge in [-0.1, -0.05) is 6.07 Å². The molecule has 0 radical (unpaired) electrons. The largest absolute Gasteiger partial charge is 0.468 e. The first-order chi connectivity index (χ1) is 6.86. The van der Waals surface area contributed by atoms with Crippen LogP contribution in [0.4, 0.5) is 0 Å². The molecule has 0 aliphatic rings. The molecule has 74 valence electrons. The van der Waals surface area contributed by atoms with Crippen LogP contribution in [0.1, 0.15) is 23.1 Å². The Hall–Kier alpha value is -1.06. The quantitative estimate of drug-likeness (QED) is 0.837. The molecule has 2 rings (SSSR count). The molecule has 0 aliphatic heterocycles. The molecule has 3 heteroatoms. The summed E-state index contributed by atoms with van der Waals surface area (Å²) in [7, 11) is 0. The van der Waals surface area contributed by atoms with E-state index in [0.717, 1.165) is 18.6 Å². The molecule has 2 aromatic rings. The number of aryl methyl sites for hydroxylation is 1. The number of rotatable bonds is 4. The average molecular weight is 207 g/mol. The molecule has 2 N–H and O–H groups in total. The van der Waals surface area contributed by atoms with Crippen molar-refractivity contribution in [3.63, 3.8) is 0 Å². The van der Waals surface area contributed by atoms with E-state index in [1.807, 2.05) is 12.1 Å². The minimum atomic E-state index is 0.0205. The van der Waals surface area contributed by atoms with Crippen molar-refractivity contribution in [3.8, 4) is 0 Å². The molecule has 2 heterocycles. The third-order valence-corrected chi connectivity index (χ3v) is 3.13. The molecule has 0 saturated carbocycles. The van der Waals surface area contributed by atoms with E-state index in [2.05, 4.69) is 17.5 Å². The zero-order valence-electron chi connectivity index (χ0n) is 7.85. The van der Waals surface area contributed by atoms with Crippen LogP contribution in [0.15, 0.2) is 40.3 Å². The fourth-order valence-corrected chi connectivity index (χ4v) is 2.12. The Morgan fingerprint density at radius 2 is 2.29 bits per heavy atom. The Bertz CT molecular complexity index is 353. The van der Waals surface area contributed by atoms with Gasteiger partial charge in [-0.25, -0.2) is 0 Å². The molecule has 1 unspecified atom stereocenters. The highest BCUT2D eigenvalue weighted by atomic mass is 32.1. The Balaban J connectivity index is 1.87. The maximum absolute atomic E-state index is 5.97. The van der Waals surface area contributed by atoms with Crippen LogP contribution in [-0.2, 0) is 6.42 Å². The molecule has 0 bridgehead atoms. The third kappa shape index (κ3) is 2.25. The lowest BCUT2D eigenvalue weighted by Crippen LogP contribution is -2.09. The molecule has 0 amide bonds. The summed E-state index contributed by atoms with van der Waals surface area (Å²) in [5, 5.41) is 2.09. The second kappa shape index (κ2) is 4.44. The first-order valence-electron chi connectivity index (χ1n) is 4.67. The number of thiophene rings is 1. The highest BCUT2D eigenvalue weighted by molar-refractivity contribution is 7.09. The predicted molar refractivity (Wildman–Crippen MR) is 58.3 cm³/mol. The lowest BCUT2D eigenvalue weighted by molar-refractivity contribution is 0.453. The summed E-state index contributed by atoms with van der Waals surface area (Å²) in [5.74, 6) is 0.876. The summed E-state index contributed by atoms with van der Waals surface area (Å²) >= 11 is 1.78. The van der Waals surface area contributed by atoms with Gasteiger partial charge in [0.25, 0.3) is 0 Å². The van der Waals surface area contributed by atoms with E-state index in [0.29, 0.717) is 0 Å². The summed E-state index contributed by atoms with van der Waals surface area (Å²) in [5.41, 5.74) is 5.97. The first-order valence-corrected chi connectivity index (χ1v) is 5.55. The fourth-order valence-electron chi connectivity index (χ4n) is 1.40. The summed E-state index contributed by atoms with van der Waals surface area (Å²) < 4.78 is 5.24. The van der Waals surface area contributed by atoms with Crippen molar-refractivity contribution in [3.05, 3.63) is 46.5 Å². The topological polar surface area (TPSA) is 39.2 Å². The van der Waals surface area contributed by atoms with Gasteiger partial charge in [0.2, 0.25) is 0 Å². The molecule has 0 aliphatic carbocycles. The molecule has 1 atom stereocenters. The highest BCUT2D eigenvalue weighted by Gasteiger charge is 2.08. The van der Waals surface area contributed by atoms with Crippen LogP contribution in [0.5, 0.6) is 0 Å². The van der Waals surface area contributed by atoms with Crippen molar-refractivity contribution in [2.45, 2.75) is 18.9 Å². The van der Waals surface area contributed by atoms with E-state index in [1.165, 1.54) is 4.88 Å². The molecule has 2 nitrogen and oxygen atoms in total. The SMILES string of the molecule is NC(CCc1cccs1)c1ccco1. The van der Waals surface area contributed by atoms with Crippen LogP contribution in [0.2, 0.25) is 0 Å². The van der Waals surface area contributed by atoms with Gasteiger partial charge in [-0.05, 0) is 36.4 Å². The van der Waals surface area contributed by atoms with Gasteiger partial charge in [0, 0.05) is 4.88 Å². The van der Waals surface area contributed by atoms with Gasteiger partial charge < -0.3 is 10.2 Å². The number of nitrogens with two attached hydrogens (primary N) is 1. The zero-order chi connectivity index (χ0) is 9.80. The summed E-state index contributed by atoms with van der Waals surface area (Å²) in [6.07, 6.45) is 3.63. The van der Waals surface area contributed by atoms with Crippen molar-refractivity contribution in [2.24, 2.45) is 5.73 Å². The Morgan fingerprint density at radius 3 is 2.93 bits per heavy atom. The molecule has 0 fully saturated rings. The van der Waals surface area contributed by atoms with Crippen molar-refractivity contribution in [2.75, 3.05) is 0 Å². The monoisotopic (exact) mass is 207 g/mol. The molecule has 14 heavy (non-hydrogen) atoms. The van der Waals surface area contributed by atoms with Gasteiger partial charge in [-0.15, -0.1) is 11.3 Å². The maximum Gasteiger partial charge on any atom is 0.120 e. The Labute approximate surface area is 87.4 Å². The van der Waals surface area contributed by atoms with E-state index < -0.39 is 0 Å². The standard InChI is InChI=1S/C11H13NOS/c12-10(11-4-1-7-13-11)6-5-9-3-2-8-14-9/h1-4,7-8,10H,5-6,12H2. The third-order valence-electron chi connectivity index (χ3n) is 2.19. The van der Waals surface area contributed by atoms with Crippen molar-refractivity contribution in [1.82, 2.24) is 0 Å².